The second-order valence-electron chi connectivity index (χ2n) is 7.09. The average molecular weight is 413 g/mol. The number of ether oxygens (including phenoxy) is 1. The van der Waals surface area contributed by atoms with Crippen LogP contribution in [0.25, 0.3) is 43.6 Å². The fraction of sp³-hybridized carbons (Fsp3) is 0.125. The number of fused-ring (bicyclic) bond motifs is 7. The zero-order valence-corrected chi connectivity index (χ0v) is 17.3. The number of nitrogens with zero attached hydrogens (tertiary/aromatic N) is 2. The molecule has 0 radical (unpaired) electrons. The number of anilines is 1. The highest BCUT2D eigenvalue weighted by Gasteiger charge is 2.12. The number of hydrogen-bond donors (Lipinski definition) is 2. The quantitative estimate of drug-likeness (QED) is 0.187. The zero-order valence-electron chi connectivity index (χ0n) is 16.5. The van der Waals surface area contributed by atoms with Crippen molar-refractivity contribution in [2.75, 3.05) is 25.6 Å². The Morgan fingerprint density at radius 2 is 1.43 bits per heavy atom. The molecule has 0 aliphatic carbocycles. The standard InChI is InChI=1S/C24H20N4OS/c1-29-13-12-25-24(30)26-15-10-11-20-21(14-15)28-23-19-9-5-3-7-17(19)16-6-2-4-8-18(16)22(23)27-20/h2-11,14H,12-13H2,1H3,(H2,25,26,30). The third-order valence-electron chi connectivity index (χ3n) is 5.17. The van der Waals surface area contributed by atoms with Gasteiger partial charge >= 0.3 is 0 Å². The Bertz CT molecular complexity index is 1420. The van der Waals surface area contributed by atoms with Crippen LogP contribution in [0.5, 0.6) is 0 Å². The maximum absolute atomic E-state index is 5.35. The minimum Gasteiger partial charge on any atom is -0.383 e. The maximum atomic E-state index is 5.35. The molecule has 0 saturated heterocycles. The molecule has 6 heteroatoms. The molecular formula is C24H20N4OS. The normalized spacial score (nSPS) is 11.4. The fourth-order valence-electron chi connectivity index (χ4n) is 3.80. The van der Waals surface area contributed by atoms with E-state index in [1.54, 1.807) is 7.11 Å². The van der Waals surface area contributed by atoms with Crippen LogP contribution in [0.2, 0.25) is 0 Å². The Labute approximate surface area is 179 Å². The lowest BCUT2D eigenvalue weighted by Crippen LogP contribution is -2.31. The molecule has 148 valence electrons. The number of rotatable bonds is 4. The SMILES string of the molecule is COCCNC(=S)Nc1ccc2nc3c4ccccc4c4ccccc4c3nc2c1. The van der Waals surface area contributed by atoms with Crippen LogP contribution in [0.15, 0.2) is 66.7 Å². The van der Waals surface area contributed by atoms with Crippen LogP contribution in [0.4, 0.5) is 5.69 Å². The summed E-state index contributed by atoms with van der Waals surface area (Å²) in [5.74, 6) is 0. The van der Waals surface area contributed by atoms with Gasteiger partial charge in [-0.15, -0.1) is 0 Å². The Morgan fingerprint density at radius 1 is 0.833 bits per heavy atom. The van der Waals surface area contributed by atoms with Crippen molar-refractivity contribution in [2.24, 2.45) is 0 Å². The van der Waals surface area contributed by atoms with E-state index < -0.39 is 0 Å². The number of methoxy groups -OCH3 is 1. The van der Waals surface area contributed by atoms with Crippen LogP contribution >= 0.6 is 12.2 Å². The highest BCUT2D eigenvalue weighted by molar-refractivity contribution is 7.80. The van der Waals surface area contributed by atoms with Crippen LogP contribution < -0.4 is 10.6 Å². The van der Waals surface area contributed by atoms with E-state index in [4.69, 9.17) is 26.9 Å². The molecule has 5 rings (SSSR count). The first kappa shape index (κ1) is 18.7. The summed E-state index contributed by atoms with van der Waals surface area (Å²) in [6.07, 6.45) is 0. The highest BCUT2D eigenvalue weighted by atomic mass is 32.1. The van der Waals surface area contributed by atoms with Crippen LogP contribution in [0.3, 0.4) is 0 Å². The topological polar surface area (TPSA) is 59.1 Å². The van der Waals surface area contributed by atoms with Crippen LogP contribution in [0, 0.1) is 0 Å². The summed E-state index contributed by atoms with van der Waals surface area (Å²) in [7, 11) is 1.66. The molecule has 0 amide bonds. The third kappa shape index (κ3) is 3.30. The van der Waals surface area contributed by atoms with Gasteiger partial charge in [0.15, 0.2) is 5.11 Å². The van der Waals surface area contributed by atoms with E-state index in [-0.39, 0.29) is 0 Å². The molecule has 30 heavy (non-hydrogen) atoms. The second-order valence-corrected chi connectivity index (χ2v) is 7.50. The van der Waals surface area contributed by atoms with E-state index in [1.807, 2.05) is 30.3 Å². The summed E-state index contributed by atoms with van der Waals surface area (Å²) in [6, 6.07) is 22.7. The van der Waals surface area contributed by atoms with E-state index in [1.165, 1.54) is 10.8 Å². The number of thiocarbonyl (C=S) groups is 1. The summed E-state index contributed by atoms with van der Waals surface area (Å²) in [5.41, 5.74) is 4.39. The Balaban J connectivity index is 1.65. The number of benzene rings is 4. The van der Waals surface area contributed by atoms with Crippen molar-refractivity contribution in [2.45, 2.75) is 0 Å². The Hall–Kier alpha value is -3.35. The maximum Gasteiger partial charge on any atom is 0.170 e. The molecule has 0 atom stereocenters. The smallest absolute Gasteiger partial charge is 0.170 e. The molecule has 2 N–H and O–H groups in total. The van der Waals surface area contributed by atoms with Gasteiger partial charge in [0.1, 0.15) is 0 Å². The number of aromatic nitrogens is 2. The van der Waals surface area contributed by atoms with E-state index in [0.717, 1.165) is 38.5 Å². The van der Waals surface area contributed by atoms with Crippen molar-refractivity contribution in [3.05, 3.63) is 66.7 Å². The molecule has 1 aromatic heterocycles. The van der Waals surface area contributed by atoms with Gasteiger partial charge in [-0.2, -0.15) is 0 Å². The van der Waals surface area contributed by atoms with Gasteiger partial charge in [0.05, 0.1) is 28.7 Å². The molecule has 1 heterocycles. The minimum atomic E-state index is 0.552. The monoisotopic (exact) mass is 412 g/mol. The summed E-state index contributed by atoms with van der Waals surface area (Å²) in [4.78, 5) is 9.99. The van der Waals surface area contributed by atoms with Crippen molar-refractivity contribution >= 4 is 66.6 Å². The molecule has 4 aromatic carbocycles. The molecule has 0 fully saturated rings. The van der Waals surface area contributed by atoms with Crippen LogP contribution in [-0.2, 0) is 4.74 Å². The first-order valence-electron chi connectivity index (χ1n) is 9.79. The van der Waals surface area contributed by atoms with E-state index in [2.05, 4.69) is 47.0 Å². The minimum absolute atomic E-state index is 0.552. The fourth-order valence-corrected chi connectivity index (χ4v) is 4.02. The second kappa shape index (κ2) is 7.82. The van der Waals surface area contributed by atoms with E-state index in [9.17, 15) is 0 Å². The highest BCUT2D eigenvalue weighted by Crippen LogP contribution is 2.34. The zero-order chi connectivity index (χ0) is 20.5. The summed E-state index contributed by atoms with van der Waals surface area (Å²) >= 11 is 5.35. The molecular weight excluding hydrogens is 392 g/mol. The lowest BCUT2D eigenvalue weighted by Gasteiger charge is -2.12. The van der Waals surface area contributed by atoms with Gasteiger partial charge in [-0.25, -0.2) is 9.97 Å². The molecule has 0 bridgehead atoms. The largest absolute Gasteiger partial charge is 0.383 e. The van der Waals surface area contributed by atoms with Gasteiger partial charge in [0, 0.05) is 30.1 Å². The molecule has 0 spiro atoms. The Kier molecular flexibility index (Phi) is 4.86. The summed E-state index contributed by atoms with van der Waals surface area (Å²) < 4.78 is 5.04. The van der Waals surface area contributed by atoms with E-state index >= 15 is 0 Å². The molecule has 0 unspecified atom stereocenters. The van der Waals surface area contributed by atoms with E-state index in [0.29, 0.717) is 18.3 Å². The average Bonchev–Trinajstić information content (AvgIpc) is 2.78. The summed E-state index contributed by atoms with van der Waals surface area (Å²) in [6.45, 7) is 1.25. The summed E-state index contributed by atoms with van der Waals surface area (Å²) in [5, 5.41) is 11.5. The molecule has 0 aliphatic rings. The van der Waals surface area contributed by atoms with Gasteiger partial charge in [-0.05, 0) is 41.2 Å². The van der Waals surface area contributed by atoms with Crippen molar-refractivity contribution in [3.8, 4) is 0 Å². The molecule has 5 aromatic rings. The predicted octanol–water partition coefficient (Wildman–Crippen LogP) is 5.02. The lowest BCUT2D eigenvalue weighted by atomic mass is 9.99. The predicted molar refractivity (Wildman–Crippen MR) is 128 cm³/mol. The van der Waals surface area contributed by atoms with Crippen molar-refractivity contribution in [3.63, 3.8) is 0 Å². The third-order valence-corrected chi connectivity index (χ3v) is 5.41. The van der Waals surface area contributed by atoms with Gasteiger partial charge in [-0.3, -0.25) is 0 Å². The van der Waals surface area contributed by atoms with Gasteiger partial charge < -0.3 is 15.4 Å². The first-order valence-corrected chi connectivity index (χ1v) is 10.2. The van der Waals surface area contributed by atoms with Gasteiger partial charge in [-0.1, -0.05) is 48.5 Å². The molecule has 5 nitrogen and oxygen atoms in total. The van der Waals surface area contributed by atoms with Crippen molar-refractivity contribution in [1.29, 1.82) is 0 Å². The van der Waals surface area contributed by atoms with Crippen molar-refractivity contribution < 1.29 is 4.74 Å². The molecule has 0 aliphatic heterocycles. The molecule has 0 saturated carbocycles. The lowest BCUT2D eigenvalue weighted by molar-refractivity contribution is 0.204. The Morgan fingerprint density at radius 3 is 2.07 bits per heavy atom. The van der Waals surface area contributed by atoms with Crippen LogP contribution in [-0.4, -0.2) is 35.3 Å². The van der Waals surface area contributed by atoms with Crippen molar-refractivity contribution in [1.82, 2.24) is 15.3 Å². The van der Waals surface area contributed by atoms with Crippen LogP contribution in [0.1, 0.15) is 0 Å². The number of nitrogens with one attached hydrogen (secondary N) is 2. The van der Waals surface area contributed by atoms with Gasteiger partial charge in [0.25, 0.3) is 0 Å². The van der Waals surface area contributed by atoms with Gasteiger partial charge in [0.2, 0.25) is 0 Å². The number of hydrogen-bond acceptors (Lipinski definition) is 4. The first-order chi connectivity index (χ1) is 14.7.